The first-order valence-corrected chi connectivity index (χ1v) is 9.64. The molecule has 0 unspecified atom stereocenters. The molecule has 8 nitrogen and oxygen atoms in total. The van der Waals surface area contributed by atoms with Crippen LogP contribution in [0.2, 0.25) is 0 Å². The van der Waals surface area contributed by atoms with Gasteiger partial charge < -0.3 is 19.9 Å². The Morgan fingerprint density at radius 2 is 2.00 bits per heavy atom. The summed E-state index contributed by atoms with van der Waals surface area (Å²) in [6.45, 7) is 1.72. The number of methoxy groups -OCH3 is 3. The smallest absolute Gasteiger partial charge is 0.338 e. The molecule has 1 aromatic rings. The molecule has 0 radical (unpaired) electrons. The van der Waals surface area contributed by atoms with Crippen LogP contribution in [0, 0.1) is 11.3 Å². The zero-order valence-corrected chi connectivity index (χ0v) is 18.0. The minimum absolute atomic E-state index is 0.221. The third-order valence-corrected chi connectivity index (χ3v) is 5.98. The zero-order valence-electron chi connectivity index (χ0n) is 15.6. The molecular formula is C18H17BrN4O4S. The number of halogens is 1. The number of thioether (sulfide) groups is 1. The van der Waals surface area contributed by atoms with E-state index in [0.717, 1.165) is 11.8 Å². The lowest BCUT2D eigenvalue weighted by atomic mass is 9.93. The Balaban J connectivity index is 2.30. The van der Waals surface area contributed by atoms with Crippen LogP contribution in [0.5, 0.6) is 11.5 Å². The number of amidine groups is 1. The predicted molar refractivity (Wildman–Crippen MR) is 108 cm³/mol. The predicted octanol–water partition coefficient (Wildman–Crippen LogP) is 3.02. The lowest BCUT2D eigenvalue weighted by Crippen LogP contribution is -2.38. The van der Waals surface area contributed by atoms with Crippen molar-refractivity contribution < 1.29 is 19.0 Å². The number of carbonyl (C=O) groups is 1. The minimum Gasteiger partial charge on any atom is -0.496 e. The quantitative estimate of drug-likeness (QED) is 0.676. The number of carbonyl (C=O) groups excluding carboxylic acids is 1. The van der Waals surface area contributed by atoms with Crippen LogP contribution >= 0.6 is 27.7 Å². The third-order valence-electron chi connectivity index (χ3n) is 4.38. The summed E-state index contributed by atoms with van der Waals surface area (Å²) in [6.07, 6.45) is 0. The van der Waals surface area contributed by atoms with Crippen molar-refractivity contribution in [3.05, 3.63) is 44.2 Å². The Kier molecular flexibility index (Phi) is 5.58. The second-order valence-electron chi connectivity index (χ2n) is 5.81. The van der Waals surface area contributed by atoms with Crippen molar-refractivity contribution in [2.24, 2.45) is 10.7 Å². The fourth-order valence-corrected chi connectivity index (χ4v) is 4.54. The van der Waals surface area contributed by atoms with Crippen LogP contribution in [-0.4, -0.2) is 37.4 Å². The average Bonchev–Trinajstić information content (AvgIpc) is 3.01. The molecule has 0 saturated carbocycles. The van der Waals surface area contributed by atoms with E-state index >= 15 is 0 Å². The molecule has 0 spiro atoms. The molecule has 146 valence electrons. The highest BCUT2D eigenvalue weighted by Gasteiger charge is 2.43. The molecule has 0 fully saturated rings. The van der Waals surface area contributed by atoms with E-state index in [1.165, 1.54) is 14.2 Å². The summed E-state index contributed by atoms with van der Waals surface area (Å²) >= 11 is 4.63. The van der Waals surface area contributed by atoms with E-state index in [2.05, 4.69) is 27.0 Å². The van der Waals surface area contributed by atoms with Gasteiger partial charge in [0.1, 0.15) is 34.3 Å². The highest BCUT2D eigenvalue weighted by atomic mass is 79.9. The lowest BCUT2D eigenvalue weighted by molar-refractivity contribution is -0.136. The van der Waals surface area contributed by atoms with Gasteiger partial charge in [-0.2, -0.15) is 5.26 Å². The topological polar surface area (TPSA) is 110 Å². The number of nitrogens with two attached hydrogens (primary N) is 1. The van der Waals surface area contributed by atoms with Crippen molar-refractivity contribution in [2.75, 3.05) is 21.3 Å². The standard InChI is InChI=1S/C18H17BrN4O4S/c1-8-14(17(24)27-4)15(23-16(21)13(7-20)28-18(23)22-8)9-5-10(19)12(26-3)6-11(9)25-2/h5-6,15H,21H2,1-4H3/t15-/m1/s1. The number of hydrogen-bond donors (Lipinski definition) is 1. The van der Waals surface area contributed by atoms with E-state index in [1.807, 2.05) is 0 Å². The number of aliphatic imine (C=N–C) groups is 1. The van der Waals surface area contributed by atoms with Gasteiger partial charge in [0, 0.05) is 11.6 Å². The molecule has 2 N–H and O–H groups in total. The molecule has 10 heteroatoms. The van der Waals surface area contributed by atoms with E-state index < -0.39 is 12.0 Å². The molecule has 2 aliphatic rings. The summed E-state index contributed by atoms with van der Waals surface area (Å²) < 4.78 is 16.6. The van der Waals surface area contributed by atoms with Crippen molar-refractivity contribution in [3.63, 3.8) is 0 Å². The number of hydrogen-bond acceptors (Lipinski definition) is 9. The second kappa shape index (κ2) is 7.77. The van der Waals surface area contributed by atoms with Gasteiger partial charge in [0.15, 0.2) is 5.17 Å². The summed E-state index contributed by atoms with van der Waals surface area (Å²) in [5, 5.41) is 9.91. The van der Waals surface area contributed by atoms with Gasteiger partial charge in [0.2, 0.25) is 0 Å². The third kappa shape index (κ3) is 3.10. The zero-order chi connectivity index (χ0) is 20.6. The molecule has 0 saturated heterocycles. The molecule has 0 amide bonds. The maximum Gasteiger partial charge on any atom is 0.338 e. The number of nitrogens with zero attached hydrogens (tertiary/aromatic N) is 3. The molecule has 1 atom stereocenters. The van der Waals surface area contributed by atoms with E-state index in [4.69, 9.17) is 19.9 Å². The van der Waals surface area contributed by atoms with E-state index in [-0.39, 0.29) is 5.82 Å². The normalized spacial score (nSPS) is 18.5. The maximum atomic E-state index is 12.6. The fraction of sp³-hybridized carbons (Fsp3) is 0.278. The highest BCUT2D eigenvalue weighted by molar-refractivity contribution is 9.10. The van der Waals surface area contributed by atoms with Crippen molar-refractivity contribution >= 4 is 38.8 Å². The minimum atomic E-state index is -0.685. The van der Waals surface area contributed by atoms with E-state index in [0.29, 0.717) is 42.9 Å². The van der Waals surface area contributed by atoms with Crippen molar-refractivity contribution in [2.45, 2.75) is 13.0 Å². The Bertz CT molecular complexity index is 996. The number of esters is 1. The Morgan fingerprint density at radius 1 is 1.32 bits per heavy atom. The van der Waals surface area contributed by atoms with Gasteiger partial charge in [-0.05, 0) is 40.7 Å². The van der Waals surface area contributed by atoms with Gasteiger partial charge in [0.05, 0.1) is 37.1 Å². The molecule has 0 bridgehead atoms. The van der Waals surface area contributed by atoms with Gasteiger partial charge >= 0.3 is 5.97 Å². The number of fused-ring (bicyclic) bond motifs is 1. The second-order valence-corrected chi connectivity index (χ2v) is 7.65. The number of benzene rings is 1. The van der Waals surface area contributed by atoms with Crippen molar-refractivity contribution in [3.8, 4) is 17.6 Å². The number of rotatable bonds is 4. The van der Waals surface area contributed by atoms with Gasteiger partial charge in [-0.25, -0.2) is 9.79 Å². The van der Waals surface area contributed by atoms with Crippen molar-refractivity contribution in [1.82, 2.24) is 4.90 Å². The van der Waals surface area contributed by atoms with Gasteiger partial charge in [-0.1, -0.05) is 0 Å². The molecule has 2 heterocycles. The van der Waals surface area contributed by atoms with Crippen LogP contribution in [-0.2, 0) is 9.53 Å². The Hall–Kier alpha value is -2.64. The van der Waals surface area contributed by atoms with Crippen LogP contribution in [0.4, 0.5) is 0 Å². The Labute approximate surface area is 174 Å². The fourth-order valence-electron chi connectivity index (χ4n) is 3.10. The van der Waals surface area contributed by atoms with E-state index in [1.54, 1.807) is 31.1 Å². The summed E-state index contributed by atoms with van der Waals surface area (Å²) in [5.74, 6) is 0.744. The first-order valence-electron chi connectivity index (χ1n) is 8.04. The molecule has 0 aromatic heterocycles. The summed E-state index contributed by atoms with van der Waals surface area (Å²) in [7, 11) is 4.38. The first kappa shape index (κ1) is 20.1. The van der Waals surface area contributed by atoms with Crippen LogP contribution in [0.3, 0.4) is 0 Å². The number of nitriles is 1. The summed E-state index contributed by atoms with van der Waals surface area (Å²) in [4.78, 5) is 19.1. The van der Waals surface area contributed by atoms with E-state index in [9.17, 15) is 10.1 Å². The SMILES string of the molecule is COC(=O)C1=C(C)N=C2SC(C#N)=C(N)N2[C@@H]1c1cc(Br)c(OC)cc1OC. The average molecular weight is 465 g/mol. The molecular weight excluding hydrogens is 448 g/mol. The van der Waals surface area contributed by atoms with Gasteiger partial charge in [0.25, 0.3) is 0 Å². The van der Waals surface area contributed by atoms with Crippen LogP contribution in [0.1, 0.15) is 18.5 Å². The summed E-state index contributed by atoms with van der Waals surface area (Å²) in [5.41, 5.74) is 7.67. The van der Waals surface area contributed by atoms with Crippen LogP contribution < -0.4 is 15.2 Å². The number of ether oxygens (including phenoxy) is 3. The lowest BCUT2D eigenvalue weighted by Gasteiger charge is -2.35. The molecule has 1 aromatic carbocycles. The maximum absolute atomic E-state index is 12.6. The molecule has 3 rings (SSSR count). The monoisotopic (exact) mass is 464 g/mol. The van der Waals surface area contributed by atoms with Gasteiger partial charge in [-0.3, -0.25) is 4.90 Å². The first-order chi connectivity index (χ1) is 13.4. The van der Waals surface area contributed by atoms with Crippen LogP contribution in [0.15, 0.2) is 43.6 Å². The highest BCUT2D eigenvalue weighted by Crippen LogP contribution is 2.48. The van der Waals surface area contributed by atoms with Gasteiger partial charge in [-0.15, -0.1) is 0 Å². The summed E-state index contributed by atoms with van der Waals surface area (Å²) in [6, 6.07) is 4.90. The Morgan fingerprint density at radius 3 is 2.57 bits per heavy atom. The molecule has 28 heavy (non-hydrogen) atoms. The largest absolute Gasteiger partial charge is 0.496 e. The molecule has 2 aliphatic heterocycles. The molecule has 0 aliphatic carbocycles. The number of allylic oxidation sites excluding steroid dienone is 2. The van der Waals surface area contributed by atoms with Crippen LogP contribution in [0.25, 0.3) is 0 Å². The van der Waals surface area contributed by atoms with Crippen molar-refractivity contribution in [1.29, 1.82) is 5.26 Å².